The average molecular weight is 753 g/mol. The van der Waals surface area contributed by atoms with Crippen molar-refractivity contribution in [3.63, 3.8) is 0 Å². The highest BCUT2D eigenvalue weighted by Gasteiger charge is 2.36. The minimum atomic E-state index is -0.203. The van der Waals surface area contributed by atoms with E-state index in [4.69, 9.17) is 8.83 Å². The summed E-state index contributed by atoms with van der Waals surface area (Å²) in [6, 6.07) is 66.4. The van der Waals surface area contributed by atoms with E-state index in [1.807, 2.05) is 12.1 Å². The van der Waals surface area contributed by atoms with Gasteiger partial charge in [-0.2, -0.15) is 0 Å². The summed E-state index contributed by atoms with van der Waals surface area (Å²) < 4.78 is 13.3. The van der Waals surface area contributed by atoms with Crippen molar-refractivity contribution in [2.45, 2.75) is 19.3 Å². The second kappa shape index (κ2) is 11.8. The van der Waals surface area contributed by atoms with Gasteiger partial charge in [0.25, 0.3) is 0 Å². The third kappa shape index (κ3) is 4.46. The van der Waals surface area contributed by atoms with Gasteiger partial charge < -0.3 is 8.83 Å². The number of para-hydroxylation sites is 2. The highest BCUT2D eigenvalue weighted by Crippen LogP contribution is 2.53. The fourth-order valence-electron chi connectivity index (χ4n) is 10.6. The lowest BCUT2D eigenvalue weighted by atomic mass is 9.80. The summed E-state index contributed by atoms with van der Waals surface area (Å²) in [4.78, 5) is 0. The van der Waals surface area contributed by atoms with Crippen LogP contribution >= 0.6 is 0 Å². The highest BCUT2D eigenvalue weighted by molar-refractivity contribution is 6.28. The maximum Gasteiger partial charge on any atom is 0.144 e. The van der Waals surface area contributed by atoms with E-state index in [9.17, 15) is 0 Å². The van der Waals surface area contributed by atoms with Gasteiger partial charge in [0, 0.05) is 32.5 Å². The molecule has 1 aliphatic rings. The second-order valence-corrected chi connectivity index (χ2v) is 16.7. The lowest BCUT2D eigenvalue weighted by Crippen LogP contribution is -2.15. The van der Waals surface area contributed by atoms with Crippen molar-refractivity contribution in [2.75, 3.05) is 0 Å². The van der Waals surface area contributed by atoms with Crippen LogP contribution in [0, 0.1) is 0 Å². The largest absolute Gasteiger partial charge is 0.456 e. The molecular formula is C57H36O2. The number of furan rings is 2. The van der Waals surface area contributed by atoms with E-state index >= 15 is 0 Å². The third-order valence-corrected chi connectivity index (χ3v) is 13.3. The number of rotatable bonds is 3. The summed E-state index contributed by atoms with van der Waals surface area (Å²) in [6.45, 7) is 4.75. The molecule has 0 aliphatic heterocycles. The maximum absolute atomic E-state index is 6.75. The molecule has 0 radical (unpaired) electrons. The van der Waals surface area contributed by atoms with Crippen LogP contribution in [0.5, 0.6) is 0 Å². The standard InChI is InChI=1S/C57H36O2/c1-57(2)47-29-27-34(45-32-51-54(43-21-9-11-24-49(43)58-51)55-44-22-10-12-25-50(44)59-56(45)55)30-46(47)37-28-26-35(31-48(37)57)52-39-17-5-7-19-41(39)53(42-20-8-6-18-40(42)52)38-23-13-15-33-14-3-4-16-36(33)38/h3-32H,1-2H3. The molecule has 0 N–H and O–H groups in total. The SMILES string of the molecule is CC1(C)c2ccc(-c3cc4oc5ccccc5c4c4c3oc3ccccc34)cc2-c2ccc(-c3c4ccccc4c(-c4cccc5ccccc45)c4ccccc34)cc21. The van der Waals surface area contributed by atoms with Crippen LogP contribution < -0.4 is 0 Å². The number of hydrogen-bond donors (Lipinski definition) is 0. The summed E-state index contributed by atoms with van der Waals surface area (Å²) in [6.07, 6.45) is 0. The van der Waals surface area contributed by atoms with Crippen LogP contribution in [-0.4, -0.2) is 0 Å². The predicted octanol–water partition coefficient (Wildman–Crippen LogP) is 16.3. The summed E-state index contributed by atoms with van der Waals surface area (Å²) in [7, 11) is 0. The van der Waals surface area contributed by atoms with Crippen LogP contribution in [0.4, 0.5) is 0 Å². The van der Waals surface area contributed by atoms with Gasteiger partial charge in [-0.05, 0) is 113 Å². The van der Waals surface area contributed by atoms with E-state index in [2.05, 4.69) is 184 Å². The molecular weight excluding hydrogens is 717 g/mol. The van der Waals surface area contributed by atoms with E-state index in [-0.39, 0.29) is 5.41 Å². The molecule has 0 spiro atoms. The molecule has 2 nitrogen and oxygen atoms in total. The van der Waals surface area contributed by atoms with Gasteiger partial charge in [-0.15, -0.1) is 0 Å². The van der Waals surface area contributed by atoms with Crippen molar-refractivity contribution >= 4 is 76.2 Å². The second-order valence-electron chi connectivity index (χ2n) is 16.7. The van der Waals surface area contributed by atoms with E-state index in [0.717, 1.165) is 55.0 Å². The molecule has 0 saturated heterocycles. The van der Waals surface area contributed by atoms with Gasteiger partial charge in [0.15, 0.2) is 0 Å². The Hall–Kier alpha value is -7.42. The van der Waals surface area contributed by atoms with Crippen molar-refractivity contribution in [3.05, 3.63) is 193 Å². The molecule has 276 valence electrons. The topological polar surface area (TPSA) is 26.3 Å². The Labute approximate surface area is 340 Å². The molecule has 0 atom stereocenters. The maximum atomic E-state index is 6.75. The van der Waals surface area contributed by atoms with Crippen molar-refractivity contribution in [1.29, 1.82) is 0 Å². The predicted molar refractivity (Wildman–Crippen MR) is 247 cm³/mol. The molecule has 13 rings (SSSR count). The lowest BCUT2D eigenvalue weighted by molar-refractivity contribution is 0.660. The smallest absolute Gasteiger partial charge is 0.144 e. The molecule has 0 saturated carbocycles. The van der Waals surface area contributed by atoms with Gasteiger partial charge in [-0.25, -0.2) is 0 Å². The van der Waals surface area contributed by atoms with Crippen molar-refractivity contribution in [2.24, 2.45) is 0 Å². The zero-order chi connectivity index (χ0) is 39.0. The zero-order valence-electron chi connectivity index (χ0n) is 32.6. The Morgan fingerprint density at radius 2 is 0.915 bits per heavy atom. The first kappa shape index (κ1) is 32.6. The number of fused-ring (bicyclic) bond motifs is 13. The summed E-state index contributed by atoms with van der Waals surface area (Å²) in [5.74, 6) is 0. The monoisotopic (exact) mass is 752 g/mol. The minimum Gasteiger partial charge on any atom is -0.456 e. The van der Waals surface area contributed by atoms with Crippen LogP contribution in [-0.2, 0) is 5.41 Å². The Bertz CT molecular complexity index is 3700. The van der Waals surface area contributed by atoms with Gasteiger partial charge in [-0.3, -0.25) is 0 Å². The molecule has 10 aromatic carbocycles. The van der Waals surface area contributed by atoms with Gasteiger partial charge >= 0.3 is 0 Å². The van der Waals surface area contributed by atoms with Crippen LogP contribution in [0.15, 0.2) is 191 Å². The van der Waals surface area contributed by atoms with E-state index < -0.39 is 0 Å². The number of benzene rings is 10. The van der Waals surface area contributed by atoms with Gasteiger partial charge in [0.05, 0.1) is 0 Å². The number of hydrogen-bond acceptors (Lipinski definition) is 2. The quantitative estimate of drug-likeness (QED) is 0.168. The molecule has 2 heterocycles. The molecule has 2 aromatic heterocycles. The van der Waals surface area contributed by atoms with E-state index in [0.29, 0.717) is 0 Å². The van der Waals surface area contributed by atoms with Crippen LogP contribution in [0.3, 0.4) is 0 Å². The fraction of sp³-hybridized carbons (Fsp3) is 0.0526. The molecule has 12 aromatic rings. The third-order valence-electron chi connectivity index (χ3n) is 13.3. The molecule has 0 bridgehead atoms. The Morgan fingerprint density at radius 3 is 1.64 bits per heavy atom. The van der Waals surface area contributed by atoms with Crippen molar-refractivity contribution in [1.82, 2.24) is 0 Å². The Morgan fingerprint density at radius 1 is 0.339 bits per heavy atom. The van der Waals surface area contributed by atoms with Crippen LogP contribution in [0.2, 0.25) is 0 Å². The summed E-state index contributed by atoms with van der Waals surface area (Å²) in [5, 5.41) is 12.0. The Balaban J connectivity index is 1.02. The fourth-order valence-corrected chi connectivity index (χ4v) is 10.6. The molecule has 2 heteroatoms. The minimum absolute atomic E-state index is 0.203. The first-order valence-corrected chi connectivity index (χ1v) is 20.5. The van der Waals surface area contributed by atoms with Crippen molar-refractivity contribution in [3.8, 4) is 44.5 Å². The summed E-state index contributed by atoms with van der Waals surface area (Å²) >= 11 is 0. The highest BCUT2D eigenvalue weighted by atomic mass is 16.3. The van der Waals surface area contributed by atoms with Gasteiger partial charge in [0.1, 0.15) is 22.3 Å². The molecule has 0 amide bonds. The van der Waals surface area contributed by atoms with E-state index in [1.54, 1.807) is 0 Å². The van der Waals surface area contributed by atoms with Crippen LogP contribution in [0.1, 0.15) is 25.0 Å². The Kier molecular flexibility index (Phi) is 6.54. The van der Waals surface area contributed by atoms with Gasteiger partial charge in [-0.1, -0.05) is 166 Å². The molecule has 1 aliphatic carbocycles. The van der Waals surface area contributed by atoms with Gasteiger partial charge in [0.2, 0.25) is 0 Å². The normalized spacial score (nSPS) is 13.4. The first-order chi connectivity index (χ1) is 29.0. The summed E-state index contributed by atoms with van der Waals surface area (Å²) in [5.41, 5.74) is 15.8. The zero-order valence-corrected chi connectivity index (χ0v) is 32.6. The lowest BCUT2D eigenvalue weighted by Gasteiger charge is -2.23. The molecule has 0 fully saturated rings. The average Bonchev–Trinajstić information content (AvgIpc) is 3.92. The molecule has 0 unspecified atom stereocenters. The van der Waals surface area contributed by atoms with E-state index in [1.165, 1.54) is 76.8 Å². The van der Waals surface area contributed by atoms with Crippen molar-refractivity contribution < 1.29 is 8.83 Å². The molecule has 59 heavy (non-hydrogen) atoms. The van der Waals surface area contributed by atoms with Crippen LogP contribution in [0.25, 0.3) is 121 Å². The first-order valence-electron chi connectivity index (χ1n) is 20.5.